The number of thiol groups is 1. The van der Waals surface area contributed by atoms with Gasteiger partial charge in [0, 0.05) is 9.86 Å². The van der Waals surface area contributed by atoms with Crippen LogP contribution < -0.4 is 0 Å². The molecule has 0 radical (unpaired) electrons. The molecule has 0 saturated carbocycles. The van der Waals surface area contributed by atoms with Gasteiger partial charge in [0.05, 0.1) is 0 Å². The van der Waals surface area contributed by atoms with Gasteiger partial charge in [-0.3, -0.25) is 0 Å². The van der Waals surface area contributed by atoms with Gasteiger partial charge in [0.2, 0.25) is 0 Å². The summed E-state index contributed by atoms with van der Waals surface area (Å²) in [5.74, 6) is 0. The van der Waals surface area contributed by atoms with Crippen molar-refractivity contribution in [1.82, 2.24) is 0 Å². The summed E-state index contributed by atoms with van der Waals surface area (Å²) >= 11 is 8.57. The fourth-order valence-electron chi connectivity index (χ4n) is 0.589. The van der Waals surface area contributed by atoms with Crippen LogP contribution in [0, 0.1) is 0 Å². The Bertz CT molecular complexity index is 110. The summed E-state index contributed by atoms with van der Waals surface area (Å²) in [6.45, 7) is 3.77. The highest BCUT2D eigenvalue weighted by Crippen LogP contribution is 2.20. The SMILES string of the molecule is CCCC(C)(S)C(=O)[S-]. The topological polar surface area (TPSA) is 17.1 Å². The molecule has 0 aromatic rings. The van der Waals surface area contributed by atoms with E-state index in [4.69, 9.17) is 0 Å². The summed E-state index contributed by atoms with van der Waals surface area (Å²) in [5.41, 5.74) is 0. The maximum Gasteiger partial charge on any atom is 0.0468 e. The summed E-state index contributed by atoms with van der Waals surface area (Å²) in [6, 6.07) is 0. The Kier molecular flexibility index (Phi) is 3.51. The smallest absolute Gasteiger partial charge is 0.0468 e. The predicted octanol–water partition coefficient (Wildman–Crippen LogP) is 1.55. The van der Waals surface area contributed by atoms with E-state index in [1.54, 1.807) is 6.92 Å². The highest BCUT2D eigenvalue weighted by atomic mass is 32.1. The van der Waals surface area contributed by atoms with Gasteiger partial charge in [-0.15, -0.1) is 0 Å². The van der Waals surface area contributed by atoms with E-state index in [1.807, 2.05) is 6.92 Å². The maximum atomic E-state index is 10.6. The van der Waals surface area contributed by atoms with Crippen LogP contribution in [-0.2, 0) is 17.4 Å². The van der Waals surface area contributed by atoms with E-state index >= 15 is 0 Å². The van der Waals surface area contributed by atoms with E-state index in [0.29, 0.717) is 0 Å². The molecule has 1 unspecified atom stereocenters. The van der Waals surface area contributed by atoms with Crippen LogP contribution in [0.5, 0.6) is 0 Å². The zero-order valence-corrected chi connectivity index (χ0v) is 7.39. The first kappa shape index (κ1) is 9.24. The molecule has 0 aromatic carbocycles. The molecule has 0 spiro atoms. The third kappa shape index (κ3) is 3.06. The lowest BCUT2D eigenvalue weighted by Crippen LogP contribution is -2.26. The molecule has 1 nitrogen and oxygen atoms in total. The molecule has 0 saturated heterocycles. The maximum absolute atomic E-state index is 10.6. The zero-order valence-electron chi connectivity index (χ0n) is 5.68. The molecule has 0 aliphatic heterocycles. The van der Waals surface area contributed by atoms with Crippen LogP contribution in [0.4, 0.5) is 0 Å². The van der Waals surface area contributed by atoms with Crippen LogP contribution in [0.2, 0.25) is 0 Å². The third-order valence-electron chi connectivity index (χ3n) is 1.18. The Balaban J connectivity index is 3.85. The molecule has 9 heavy (non-hydrogen) atoms. The van der Waals surface area contributed by atoms with Crippen molar-refractivity contribution in [1.29, 1.82) is 0 Å². The first-order chi connectivity index (χ1) is 4.00. The molecule has 0 rings (SSSR count). The van der Waals surface area contributed by atoms with E-state index in [0.717, 1.165) is 12.8 Å². The van der Waals surface area contributed by atoms with Crippen molar-refractivity contribution in [3.8, 4) is 0 Å². The Morgan fingerprint density at radius 1 is 1.78 bits per heavy atom. The summed E-state index contributed by atoms with van der Waals surface area (Å²) < 4.78 is -0.579. The monoisotopic (exact) mass is 163 g/mol. The minimum atomic E-state index is -0.579. The molecular formula is C6H11OS2-. The van der Waals surface area contributed by atoms with Crippen LogP contribution in [0.3, 0.4) is 0 Å². The second kappa shape index (κ2) is 3.42. The lowest BCUT2D eigenvalue weighted by molar-refractivity contribution is -0.112. The van der Waals surface area contributed by atoms with Crippen molar-refractivity contribution < 1.29 is 4.79 Å². The first-order valence-corrected chi connectivity index (χ1v) is 3.80. The molecule has 1 atom stereocenters. The van der Waals surface area contributed by atoms with Gasteiger partial charge < -0.3 is 17.4 Å². The molecule has 3 heteroatoms. The number of carbonyl (C=O) groups is 1. The minimum Gasteiger partial charge on any atom is -0.741 e. The molecule has 0 aliphatic carbocycles. The van der Waals surface area contributed by atoms with Gasteiger partial charge in [0.1, 0.15) is 0 Å². The van der Waals surface area contributed by atoms with Crippen LogP contribution in [0.25, 0.3) is 0 Å². The quantitative estimate of drug-likeness (QED) is 0.502. The summed E-state index contributed by atoms with van der Waals surface area (Å²) in [6.07, 6.45) is 1.71. The second-order valence-electron chi connectivity index (χ2n) is 2.31. The standard InChI is InChI=1S/C6H12OS2/c1-3-4-6(2,9)5(7)8/h9H,3-4H2,1-2H3,(H,7,8)/p-1. The lowest BCUT2D eigenvalue weighted by Gasteiger charge is -2.24. The number of carbonyl (C=O) groups excluding carboxylic acids is 1. The van der Waals surface area contributed by atoms with Gasteiger partial charge in [0.15, 0.2) is 0 Å². The van der Waals surface area contributed by atoms with Crippen LogP contribution >= 0.6 is 12.6 Å². The third-order valence-corrected chi connectivity index (χ3v) is 2.21. The van der Waals surface area contributed by atoms with E-state index in [9.17, 15) is 4.79 Å². The van der Waals surface area contributed by atoms with Crippen molar-refractivity contribution in [3.05, 3.63) is 0 Å². The fraction of sp³-hybridized carbons (Fsp3) is 0.833. The second-order valence-corrected chi connectivity index (χ2v) is 3.67. The van der Waals surface area contributed by atoms with E-state index in [2.05, 4.69) is 25.3 Å². The first-order valence-electron chi connectivity index (χ1n) is 2.94. The molecule has 0 amide bonds. The number of rotatable bonds is 3. The van der Waals surface area contributed by atoms with Crippen LogP contribution in [-0.4, -0.2) is 9.86 Å². The lowest BCUT2D eigenvalue weighted by atomic mass is 10.1. The molecule has 0 aliphatic rings. The summed E-state index contributed by atoms with van der Waals surface area (Å²) in [4.78, 5) is 10.6. The van der Waals surface area contributed by atoms with Crippen molar-refractivity contribution in [2.24, 2.45) is 0 Å². The number of hydrogen-bond acceptors (Lipinski definition) is 3. The average molecular weight is 163 g/mol. The van der Waals surface area contributed by atoms with Gasteiger partial charge in [-0.2, -0.15) is 12.6 Å². The molecule has 0 heterocycles. The highest BCUT2D eigenvalue weighted by molar-refractivity contribution is 7.87. The van der Waals surface area contributed by atoms with Gasteiger partial charge in [0.25, 0.3) is 0 Å². The summed E-state index contributed by atoms with van der Waals surface area (Å²) in [5, 5.41) is -0.257. The predicted molar refractivity (Wildman–Crippen MR) is 44.7 cm³/mol. The molecule has 0 fully saturated rings. The Morgan fingerprint density at radius 3 is 2.33 bits per heavy atom. The normalized spacial score (nSPS) is 16.8. The van der Waals surface area contributed by atoms with Crippen molar-refractivity contribution in [2.75, 3.05) is 0 Å². The van der Waals surface area contributed by atoms with Crippen LogP contribution in [0.1, 0.15) is 26.7 Å². The Hall–Kier alpha value is 0.240. The molecule has 0 N–H and O–H groups in total. The largest absolute Gasteiger partial charge is 0.741 e. The highest BCUT2D eigenvalue weighted by Gasteiger charge is 2.17. The van der Waals surface area contributed by atoms with Gasteiger partial charge in [-0.25, -0.2) is 0 Å². The van der Waals surface area contributed by atoms with Crippen molar-refractivity contribution >= 4 is 30.4 Å². The Morgan fingerprint density at radius 2 is 2.22 bits per heavy atom. The van der Waals surface area contributed by atoms with Crippen LogP contribution in [0.15, 0.2) is 0 Å². The van der Waals surface area contributed by atoms with E-state index in [-0.39, 0.29) is 5.12 Å². The zero-order chi connectivity index (χ0) is 7.49. The van der Waals surface area contributed by atoms with Gasteiger partial charge >= 0.3 is 0 Å². The summed E-state index contributed by atoms with van der Waals surface area (Å²) in [7, 11) is 0. The molecule has 0 bridgehead atoms. The average Bonchev–Trinajstić information content (AvgIpc) is 1.65. The Labute approximate surface area is 67.0 Å². The van der Waals surface area contributed by atoms with Gasteiger partial charge in [-0.05, 0) is 13.3 Å². The molecular weight excluding hydrogens is 152 g/mol. The van der Waals surface area contributed by atoms with Crippen molar-refractivity contribution in [3.63, 3.8) is 0 Å². The minimum absolute atomic E-state index is 0.257. The van der Waals surface area contributed by atoms with Crippen molar-refractivity contribution in [2.45, 2.75) is 31.4 Å². The molecule has 54 valence electrons. The van der Waals surface area contributed by atoms with E-state index in [1.165, 1.54) is 0 Å². The van der Waals surface area contributed by atoms with E-state index < -0.39 is 4.75 Å². The molecule has 0 aromatic heterocycles. The van der Waals surface area contributed by atoms with Gasteiger partial charge in [-0.1, -0.05) is 13.3 Å². The number of hydrogen-bond donors (Lipinski definition) is 1. The fourth-order valence-corrected chi connectivity index (χ4v) is 0.915.